The Hall–Kier alpha value is -3.29. The molecule has 2 aromatic carbocycles. The molecule has 0 aromatic heterocycles. The highest BCUT2D eigenvalue weighted by atomic mass is 16.6. The number of nitro groups is 2. The van der Waals surface area contributed by atoms with E-state index >= 15 is 0 Å². The van der Waals surface area contributed by atoms with Crippen LogP contribution in [0.1, 0.15) is 10.4 Å². The number of nitrogens with zero attached hydrogens (tertiary/aromatic N) is 2. The molecule has 0 atom stereocenters. The largest absolute Gasteiger partial charge is 0.423 e. The predicted molar refractivity (Wildman–Crippen MR) is 71.2 cm³/mol. The van der Waals surface area contributed by atoms with Gasteiger partial charge < -0.3 is 4.74 Å². The summed E-state index contributed by atoms with van der Waals surface area (Å²) in [7, 11) is 0. The van der Waals surface area contributed by atoms with Gasteiger partial charge in [-0.05, 0) is 18.2 Å². The lowest BCUT2D eigenvalue weighted by atomic mass is 10.2. The summed E-state index contributed by atoms with van der Waals surface area (Å²) in [5.74, 6) is -0.676. The van der Waals surface area contributed by atoms with Crippen LogP contribution < -0.4 is 4.74 Å². The van der Waals surface area contributed by atoms with E-state index in [1.807, 2.05) is 0 Å². The highest BCUT2D eigenvalue weighted by Crippen LogP contribution is 2.19. The zero-order valence-corrected chi connectivity index (χ0v) is 10.5. The van der Waals surface area contributed by atoms with Crippen molar-refractivity contribution in [1.29, 1.82) is 0 Å². The van der Waals surface area contributed by atoms with Crippen LogP contribution in [0.2, 0.25) is 0 Å². The molecule has 0 aliphatic carbocycles. The highest BCUT2D eigenvalue weighted by molar-refractivity contribution is 5.91. The van der Waals surface area contributed by atoms with Crippen LogP contribution in [0.3, 0.4) is 0 Å². The summed E-state index contributed by atoms with van der Waals surface area (Å²) in [5, 5.41) is 21.1. The second-order valence-corrected chi connectivity index (χ2v) is 3.95. The van der Waals surface area contributed by atoms with Crippen LogP contribution in [0.4, 0.5) is 11.4 Å². The van der Waals surface area contributed by atoms with Gasteiger partial charge in [-0.25, -0.2) is 4.79 Å². The van der Waals surface area contributed by atoms with Crippen LogP contribution in [0.25, 0.3) is 0 Å². The summed E-state index contributed by atoms with van der Waals surface area (Å²) in [6, 6.07) is 10.0. The highest BCUT2D eigenvalue weighted by Gasteiger charge is 2.14. The Morgan fingerprint density at radius 3 is 2.10 bits per heavy atom. The van der Waals surface area contributed by atoms with Gasteiger partial charge in [0.15, 0.2) is 0 Å². The second-order valence-electron chi connectivity index (χ2n) is 3.95. The average Bonchev–Trinajstić information content (AvgIpc) is 2.48. The molecule has 0 N–H and O–H groups in total. The van der Waals surface area contributed by atoms with Gasteiger partial charge in [-0.15, -0.1) is 0 Å². The van der Waals surface area contributed by atoms with Gasteiger partial charge in [-0.1, -0.05) is 6.07 Å². The number of carbonyl (C=O) groups excluding carboxylic acids is 1. The molecule has 0 saturated carbocycles. The lowest BCUT2D eigenvalue weighted by Crippen LogP contribution is -2.08. The minimum Gasteiger partial charge on any atom is -0.423 e. The van der Waals surface area contributed by atoms with Gasteiger partial charge in [0.25, 0.3) is 11.4 Å². The van der Waals surface area contributed by atoms with Crippen LogP contribution >= 0.6 is 0 Å². The first kappa shape index (κ1) is 14.1. The summed E-state index contributed by atoms with van der Waals surface area (Å²) < 4.78 is 4.99. The van der Waals surface area contributed by atoms with Crippen molar-refractivity contribution in [3.63, 3.8) is 0 Å². The summed E-state index contributed by atoms with van der Waals surface area (Å²) >= 11 is 0. The molecule has 0 heterocycles. The maximum Gasteiger partial charge on any atom is 0.343 e. The molecule has 0 bridgehead atoms. The maximum absolute atomic E-state index is 11.8. The molecule has 106 valence electrons. The van der Waals surface area contributed by atoms with Gasteiger partial charge >= 0.3 is 5.97 Å². The van der Waals surface area contributed by atoms with E-state index in [9.17, 15) is 25.0 Å². The van der Waals surface area contributed by atoms with Crippen LogP contribution in [0.15, 0.2) is 48.5 Å². The van der Waals surface area contributed by atoms with Crippen LogP contribution in [0.5, 0.6) is 5.75 Å². The van der Waals surface area contributed by atoms with E-state index in [1.165, 1.54) is 42.5 Å². The summed E-state index contributed by atoms with van der Waals surface area (Å²) in [5.41, 5.74) is -0.346. The van der Waals surface area contributed by atoms with Crippen molar-refractivity contribution in [3.05, 3.63) is 74.3 Å². The van der Waals surface area contributed by atoms with Gasteiger partial charge in [0.05, 0.1) is 15.4 Å². The molecule has 2 aromatic rings. The summed E-state index contributed by atoms with van der Waals surface area (Å²) in [4.78, 5) is 31.7. The van der Waals surface area contributed by atoms with Crippen LogP contribution in [-0.4, -0.2) is 15.8 Å². The second kappa shape index (κ2) is 5.78. The maximum atomic E-state index is 11.8. The zero-order chi connectivity index (χ0) is 15.4. The molecule has 0 fully saturated rings. The normalized spacial score (nSPS) is 9.90. The third-order valence-electron chi connectivity index (χ3n) is 2.55. The Kier molecular flexibility index (Phi) is 3.89. The smallest absolute Gasteiger partial charge is 0.343 e. The Labute approximate surface area is 117 Å². The van der Waals surface area contributed by atoms with Crippen molar-refractivity contribution in [3.8, 4) is 5.75 Å². The molecular formula is C13H8N2O6. The summed E-state index contributed by atoms with van der Waals surface area (Å²) in [6.45, 7) is 0. The fourth-order valence-electron chi connectivity index (χ4n) is 1.55. The Balaban J connectivity index is 2.16. The van der Waals surface area contributed by atoms with Gasteiger partial charge in [-0.2, -0.15) is 0 Å². The molecule has 0 spiro atoms. The molecule has 0 unspecified atom stereocenters. The standard InChI is InChI=1S/C13H8N2O6/c16-13(9-2-1-3-11(8-9)15(19)20)21-12-6-4-10(5-7-12)14(17)18/h1-8H. The number of ether oxygens (including phenoxy) is 1. The van der Waals surface area contributed by atoms with Gasteiger partial charge in [0.2, 0.25) is 0 Å². The van der Waals surface area contributed by atoms with Crippen LogP contribution in [0, 0.1) is 20.2 Å². The van der Waals surface area contributed by atoms with E-state index in [1.54, 1.807) is 0 Å². The Morgan fingerprint density at radius 1 is 0.905 bits per heavy atom. The fraction of sp³-hybridized carbons (Fsp3) is 0. The minimum absolute atomic E-state index is 0.0163. The number of carbonyl (C=O) groups is 1. The van der Waals surface area contributed by atoms with Crippen molar-refractivity contribution < 1.29 is 19.4 Å². The molecule has 8 heteroatoms. The summed E-state index contributed by atoms with van der Waals surface area (Å²) in [6.07, 6.45) is 0. The topological polar surface area (TPSA) is 113 Å². The average molecular weight is 288 g/mol. The number of hydrogen-bond acceptors (Lipinski definition) is 6. The molecule has 8 nitrogen and oxygen atoms in total. The lowest BCUT2D eigenvalue weighted by Gasteiger charge is -2.03. The SMILES string of the molecule is O=C(Oc1ccc([N+](=O)[O-])cc1)c1cccc([N+](=O)[O-])c1. The number of benzene rings is 2. The molecule has 0 radical (unpaired) electrons. The van der Waals surface area contributed by atoms with Gasteiger partial charge in [-0.3, -0.25) is 20.2 Å². The minimum atomic E-state index is -0.785. The Morgan fingerprint density at radius 2 is 1.52 bits per heavy atom. The quantitative estimate of drug-likeness (QED) is 0.370. The molecule has 0 aliphatic rings. The number of rotatable bonds is 4. The van der Waals surface area contributed by atoms with Crippen molar-refractivity contribution >= 4 is 17.3 Å². The van der Waals surface area contributed by atoms with E-state index in [2.05, 4.69) is 0 Å². The number of esters is 1. The lowest BCUT2D eigenvalue weighted by molar-refractivity contribution is -0.385. The zero-order valence-electron chi connectivity index (χ0n) is 10.5. The third kappa shape index (κ3) is 3.38. The fourth-order valence-corrected chi connectivity index (χ4v) is 1.55. The number of non-ortho nitro benzene ring substituents is 2. The first-order chi connectivity index (χ1) is 9.97. The van der Waals surface area contributed by atoms with Gasteiger partial charge in [0.1, 0.15) is 5.75 Å². The molecule has 0 amide bonds. The van der Waals surface area contributed by atoms with E-state index in [0.29, 0.717) is 0 Å². The van der Waals surface area contributed by atoms with E-state index in [0.717, 1.165) is 6.07 Å². The third-order valence-corrected chi connectivity index (χ3v) is 2.55. The number of nitro benzene ring substituents is 2. The van der Waals surface area contributed by atoms with E-state index < -0.39 is 15.8 Å². The van der Waals surface area contributed by atoms with Crippen molar-refractivity contribution in [2.24, 2.45) is 0 Å². The monoisotopic (exact) mass is 288 g/mol. The predicted octanol–water partition coefficient (Wildman–Crippen LogP) is 2.72. The molecule has 21 heavy (non-hydrogen) atoms. The van der Waals surface area contributed by atoms with Crippen molar-refractivity contribution in [1.82, 2.24) is 0 Å². The molecule has 0 aliphatic heterocycles. The first-order valence-corrected chi connectivity index (χ1v) is 5.68. The van der Waals surface area contributed by atoms with E-state index in [4.69, 9.17) is 4.74 Å². The Bertz CT molecular complexity index is 711. The van der Waals surface area contributed by atoms with Crippen molar-refractivity contribution in [2.45, 2.75) is 0 Å². The first-order valence-electron chi connectivity index (χ1n) is 5.68. The molecular weight excluding hydrogens is 280 g/mol. The van der Waals surface area contributed by atoms with E-state index in [-0.39, 0.29) is 22.7 Å². The molecule has 0 saturated heterocycles. The number of hydrogen-bond donors (Lipinski definition) is 0. The van der Waals surface area contributed by atoms with Crippen molar-refractivity contribution in [2.75, 3.05) is 0 Å². The van der Waals surface area contributed by atoms with Crippen LogP contribution in [-0.2, 0) is 0 Å². The van der Waals surface area contributed by atoms with Gasteiger partial charge in [0, 0.05) is 24.3 Å². The molecule has 2 rings (SSSR count).